The molecule has 0 radical (unpaired) electrons. The first-order chi connectivity index (χ1) is 14.2. The van der Waals surface area contributed by atoms with Gasteiger partial charge in [-0.25, -0.2) is 9.78 Å². The van der Waals surface area contributed by atoms with Gasteiger partial charge in [0.2, 0.25) is 0 Å². The molecule has 142 valence electrons. The van der Waals surface area contributed by atoms with E-state index in [9.17, 15) is 4.79 Å². The zero-order valence-corrected chi connectivity index (χ0v) is 15.8. The van der Waals surface area contributed by atoms with Gasteiger partial charge in [0.05, 0.1) is 12.7 Å². The van der Waals surface area contributed by atoms with Crippen LogP contribution in [-0.4, -0.2) is 22.5 Å². The Morgan fingerprint density at radius 1 is 1.00 bits per heavy atom. The standard InChI is InChI=1S/C24H18N2O3/c1-28-24(27)19-10-7-11-20(16-19)29-17-21-22(14-13-18-8-3-2-4-9-18)26-15-6-5-12-23(26)25-21/h2-12,15-16H,17H2,1H3. The zero-order valence-electron chi connectivity index (χ0n) is 15.8. The normalized spacial score (nSPS) is 10.2. The van der Waals surface area contributed by atoms with Crippen molar-refractivity contribution >= 4 is 11.6 Å². The van der Waals surface area contributed by atoms with Crippen LogP contribution < -0.4 is 4.74 Å². The Hall–Kier alpha value is -4.04. The monoisotopic (exact) mass is 382 g/mol. The second-order valence-electron chi connectivity index (χ2n) is 6.26. The second-order valence-corrected chi connectivity index (χ2v) is 6.26. The predicted molar refractivity (Wildman–Crippen MR) is 110 cm³/mol. The third-order valence-electron chi connectivity index (χ3n) is 4.33. The van der Waals surface area contributed by atoms with Crippen LogP contribution in [0.1, 0.15) is 27.3 Å². The molecule has 0 unspecified atom stereocenters. The van der Waals surface area contributed by atoms with Crippen molar-refractivity contribution in [1.82, 2.24) is 9.38 Å². The van der Waals surface area contributed by atoms with Gasteiger partial charge in [-0.3, -0.25) is 4.40 Å². The van der Waals surface area contributed by atoms with Crippen LogP contribution in [0.5, 0.6) is 5.75 Å². The van der Waals surface area contributed by atoms with Crippen LogP contribution in [0.15, 0.2) is 79.0 Å². The molecule has 0 spiro atoms. The molecule has 0 saturated heterocycles. The van der Waals surface area contributed by atoms with Crippen LogP contribution in [0.3, 0.4) is 0 Å². The van der Waals surface area contributed by atoms with E-state index >= 15 is 0 Å². The van der Waals surface area contributed by atoms with Gasteiger partial charge in [-0.1, -0.05) is 36.3 Å². The summed E-state index contributed by atoms with van der Waals surface area (Å²) in [5.74, 6) is 6.56. The minimum atomic E-state index is -0.405. The first-order valence-electron chi connectivity index (χ1n) is 9.09. The van der Waals surface area contributed by atoms with Crippen LogP contribution in [0.4, 0.5) is 0 Å². The molecule has 29 heavy (non-hydrogen) atoms. The van der Waals surface area contributed by atoms with E-state index in [0.29, 0.717) is 11.3 Å². The van der Waals surface area contributed by atoms with E-state index in [4.69, 9.17) is 9.47 Å². The Labute approximate surface area is 168 Å². The van der Waals surface area contributed by atoms with Crippen molar-refractivity contribution in [3.05, 3.63) is 102 Å². The maximum absolute atomic E-state index is 11.7. The van der Waals surface area contributed by atoms with Gasteiger partial charge in [-0.2, -0.15) is 0 Å². The summed E-state index contributed by atoms with van der Waals surface area (Å²) < 4.78 is 12.6. The molecule has 5 heteroatoms. The highest BCUT2D eigenvalue weighted by Gasteiger charge is 2.12. The Bertz CT molecular complexity index is 1220. The molecule has 2 heterocycles. The van der Waals surface area contributed by atoms with Crippen LogP contribution in [0.25, 0.3) is 5.65 Å². The lowest BCUT2D eigenvalue weighted by Gasteiger charge is -2.06. The van der Waals surface area contributed by atoms with Crippen molar-refractivity contribution in [3.63, 3.8) is 0 Å². The van der Waals surface area contributed by atoms with Crippen LogP contribution in [0, 0.1) is 11.8 Å². The third kappa shape index (κ3) is 4.12. The SMILES string of the molecule is COC(=O)c1cccc(OCc2nc3ccccn3c2C#Cc2ccccc2)c1. The number of nitrogens with zero attached hydrogens (tertiary/aromatic N) is 2. The van der Waals surface area contributed by atoms with Crippen molar-refractivity contribution in [2.45, 2.75) is 6.61 Å². The van der Waals surface area contributed by atoms with E-state index in [2.05, 4.69) is 16.8 Å². The lowest BCUT2D eigenvalue weighted by Crippen LogP contribution is -2.03. The average Bonchev–Trinajstić information content (AvgIpc) is 3.14. The smallest absolute Gasteiger partial charge is 0.337 e. The number of ether oxygens (including phenoxy) is 2. The summed E-state index contributed by atoms with van der Waals surface area (Å²) in [7, 11) is 1.35. The number of pyridine rings is 1. The molecule has 4 rings (SSSR count). The Morgan fingerprint density at radius 3 is 2.66 bits per heavy atom. The van der Waals surface area contributed by atoms with Gasteiger partial charge >= 0.3 is 5.97 Å². The van der Waals surface area contributed by atoms with E-state index < -0.39 is 5.97 Å². The molecule has 2 aromatic carbocycles. The molecule has 0 aliphatic heterocycles. The highest BCUT2D eigenvalue weighted by molar-refractivity contribution is 5.89. The minimum Gasteiger partial charge on any atom is -0.487 e. The molecular weight excluding hydrogens is 364 g/mol. The Kier molecular flexibility index (Phi) is 5.26. The molecule has 0 bridgehead atoms. The third-order valence-corrected chi connectivity index (χ3v) is 4.33. The number of hydrogen-bond acceptors (Lipinski definition) is 4. The van der Waals surface area contributed by atoms with Crippen molar-refractivity contribution in [3.8, 4) is 17.6 Å². The molecule has 0 aliphatic carbocycles. The summed E-state index contributed by atoms with van der Waals surface area (Å²) in [5.41, 5.74) is 3.66. The summed E-state index contributed by atoms with van der Waals surface area (Å²) in [6.07, 6.45) is 1.93. The van der Waals surface area contributed by atoms with E-state index in [1.807, 2.05) is 59.1 Å². The minimum absolute atomic E-state index is 0.227. The number of imidazole rings is 1. The first kappa shape index (κ1) is 18.3. The zero-order chi connectivity index (χ0) is 20.1. The number of hydrogen-bond donors (Lipinski definition) is 0. The van der Waals surface area contributed by atoms with Crippen molar-refractivity contribution in [2.75, 3.05) is 7.11 Å². The van der Waals surface area contributed by atoms with E-state index in [1.54, 1.807) is 24.3 Å². The Balaban J connectivity index is 1.64. The molecular formula is C24H18N2O3. The Morgan fingerprint density at radius 2 is 1.83 bits per heavy atom. The van der Waals surface area contributed by atoms with Crippen molar-refractivity contribution in [2.24, 2.45) is 0 Å². The van der Waals surface area contributed by atoms with E-state index in [0.717, 1.165) is 22.6 Å². The molecule has 0 saturated carbocycles. The topological polar surface area (TPSA) is 52.8 Å². The summed E-state index contributed by atoms with van der Waals surface area (Å²) in [4.78, 5) is 16.4. The van der Waals surface area contributed by atoms with E-state index in [-0.39, 0.29) is 6.61 Å². The van der Waals surface area contributed by atoms with Gasteiger partial charge in [0.1, 0.15) is 29.4 Å². The summed E-state index contributed by atoms with van der Waals surface area (Å²) in [6, 6.07) is 22.5. The molecule has 5 nitrogen and oxygen atoms in total. The van der Waals surface area contributed by atoms with Gasteiger partial charge in [0.25, 0.3) is 0 Å². The maximum atomic E-state index is 11.7. The number of fused-ring (bicyclic) bond motifs is 1. The number of methoxy groups -OCH3 is 1. The summed E-state index contributed by atoms with van der Waals surface area (Å²) >= 11 is 0. The number of carbonyl (C=O) groups excluding carboxylic acids is 1. The van der Waals surface area contributed by atoms with Crippen molar-refractivity contribution in [1.29, 1.82) is 0 Å². The summed E-state index contributed by atoms with van der Waals surface area (Å²) in [6.45, 7) is 0.227. The maximum Gasteiger partial charge on any atom is 0.337 e. The quantitative estimate of drug-likeness (QED) is 0.394. The molecule has 0 N–H and O–H groups in total. The van der Waals surface area contributed by atoms with Gasteiger partial charge in [-0.15, -0.1) is 0 Å². The number of benzene rings is 2. The lowest BCUT2D eigenvalue weighted by atomic mass is 10.2. The second kappa shape index (κ2) is 8.32. The molecule has 0 fully saturated rings. The number of carbonyl (C=O) groups is 1. The van der Waals surface area contributed by atoms with Crippen LogP contribution >= 0.6 is 0 Å². The predicted octanol–water partition coefficient (Wildman–Crippen LogP) is 4.10. The number of aromatic nitrogens is 2. The molecule has 4 aromatic rings. The number of rotatable bonds is 4. The molecule has 0 amide bonds. The largest absolute Gasteiger partial charge is 0.487 e. The van der Waals surface area contributed by atoms with Gasteiger partial charge in [0.15, 0.2) is 0 Å². The summed E-state index contributed by atoms with van der Waals surface area (Å²) in [5, 5.41) is 0. The highest BCUT2D eigenvalue weighted by atomic mass is 16.5. The van der Waals surface area contributed by atoms with Crippen molar-refractivity contribution < 1.29 is 14.3 Å². The first-order valence-corrected chi connectivity index (χ1v) is 9.09. The van der Waals surface area contributed by atoms with Gasteiger partial charge < -0.3 is 9.47 Å². The van der Waals surface area contributed by atoms with E-state index in [1.165, 1.54) is 7.11 Å². The molecule has 0 aliphatic rings. The number of esters is 1. The molecule has 0 atom stereocenters. The molecule has 2 aromatic heterocycles. The fourth-order valence-electron chi connectivity index (χ4n) is 2.91. The fraction of sp³-hybridized carbons (Fsp3) is 0.0833. The van der Waals surface area contributed by atoms with Crippen LogP contribution in [-0.2, 0) is 11.3 Å². The van der Waals surface area contributed by atoms with Crippen LogP contribution in [0.2, 0.25) is 0 Å². The highest BCUT2D eigenvalue weighted by Crippen LogP contribution is 2.18. The van der Waals surface area contributed by atoms with Gasteiger partial charge in [-0.05, 0) is 48.4 Å². The average molecular weight is 382 g/mol. The lowest BCUT2D eigenvalue weighted by molar-refractivity contribution is 0.0600. The fourth-order valence-corrected chi connectivity index (χ4v) is 2.91. The van der Waals surface area contributed by atoms with Gasteiger partial charge in [0, 0.05) is 11.8 Å².